The third kappa shape index (κ3) is 8.66. The Labute approximate surface area is 204 Å². The second-order valence-corrected chi connectivity index (χ2v) is 9.81. The van der Waals surface area contributed by atoms with Crippen LogP contribution in [0.3, 0.4) is 0 Å². The first kappa shape index (κ1) is 26.0. The van der Waals surface area contributed by atoms with Gasteiger partial charge >= 0.3 is 0 Å². The number of piperidine rings is 1. The van der Waals surface area contributed by atoms with Gasteiger partial charge in [0, 0.05) is 22.9 Å². The number of rotatable bonds is 8. The summed E-state index contributed by atoms with van der Waals surface area (Å²) in [4.78, 5) is 0. The number of allylic oxidation sites excluding steroid dienone is 2. The number of hydrogen-bond acceptors (Lipinski definition) is 0. The summed E-state index contributed by atoms with van der Waals surface area (Å²) in [5.41, 5.74) is 5.11. The van der Waals surface area contributed by atoms with E-state index >= 15 is 0 Å². The lowest BCUT2D eigenvalue weighted by atomic mass is 10.1. The normalized spacial score (nSPS) is 16.6. The highest BCUT2D eigenvalue weighted by Gasteiger charge is 2.28. The summed E-state index contributed by atoms with van der Waals surface area (Å²) in [6.45, 7) is 8.60. The molecule has 2 aromatic rings. The quantitative estimate of drug-likeness (QED) is 0.495. The molecule has 1 aliphatic heterocycles. The summed E-state index contributed by atoms with van der Waals surface area (Å²) in [5, 5.41) is 1.88. The van der Waals surface area contributed by atoms with E-state index in [0.29, 0.717) is 0 Å². The van der Waals surface area contributed by atoms with E-state index in [4.69, 9.17) is 23.2 Å². The number of likely N-dealkylation sites (tertiary alicyclic amines) is 1. The molecule has 1 aliphatic rings. The van der Waals surface area contributed by atoms with Gasteiger partial charge in [0.15, 0.2) is 0 Å². The minimum atomic E-state index is 0. The van der Waals surface area contributed by atoms with Crippen molar-refractivity contribution in [3.63, 3.8) is 0 Å². The van der Waals surface area contributed by atoms with Crippen molar-refractivity contribution in [1.82, 2.24) is 0 Å². The second-order valence-electron chi connectivity index (χ2n) is 8.84. The molecule has 1 saturated heterocycles. The van der Waals surface area contributed by atoms with Crippen LogP contribution in [0.25, 0.3) is 0 Å². The molecule has 0 atom stereocenters. The predicted octanol–water partition coefficient (Wildman–Crippen LogP) is 4.34. The van der Waals surface area contributed by atoms with Crippen molar-refractivity contribution in [2.24, 2.45) is 0 Å². The number of nitrogens with zero attached hydrogens (tertiary/aromatic N) is 1. The molecular formula is C27H34Cl3N. The van der Waals surface area contributed by atoms with Crippen LogP contribution in [0, 0.1) is 13.8 Å². The summed E-state index contributed by atoms with van der Waals surface area (Å²) in [6, 6.07) is 17.3. The number of halogens is 3. The molecule has 31 heavy (non-hydrogen) atoms. The van der Waals surface area contributed by atoms with E-state index in [0.717, 1.165) is 40.5 Å². The molecule has 3 rings (SSSR count). The average Bonchev–Trinajstić information content (AvgIpc) is 2.75. The van der Waals surface area contributed by atoms with Crippen LogP contribution < -0.4 is 12.4 Å². The maximum absolute atomic E-state index is 6.63. The lowest BCUT2D eigenvalue weighted by Gasteiger charge is -2.40. The zero-order valence-corrected chi connectivity index (χ0v) is 21.0. The van der Waals surface area contributed by atoms with E-state index in [2.05, 4.69) is 74.5 Å². The van der Waals surface area contributed by atoms with Crippen LogP contribution in [-0.2, 0) is 12.8 Å². The largest absolute Gasteiger partial charge is 1.00 e. The molecule has 0 saturated carbocycles. The molecule has 1 heterocycles. The van der Waals surface area contributed by atoms with Gasteiger partial charge in [-0.1, -0.05) is 82.9 Å². The van der Waals surface area contributed by atoms with Crippen molar-refractivity contribution < 1.29 is 16.9 Å². The Kier molecular flexibility index (Phi) is 10.7. The Morgan fingerprint density at radius 1 is 0.710 bits per heavy atom. The SMILES string of the molecule is Cc1ccc(CC(Cl)=CC[N+]2(CC=C(Cl)Cc3ccc(C)cc3)CCCCC2)cc1.[Cl-]. The fraction of sp³-hybridized carbons (Fsp3) is 0.407. The lowest BCUT2D eigenvalue weighted by molar-refractivity contribution is -0.921. The molecule has 0 unspecified atom stereocenters. The van der Waals surface area contributed by atoms with Gasteiger partial charge in [0.2, 0.25) is 0 Å². The maximum atomic E-state index is 6.63. The first-order valence-electron chi connectivity index (χ1n) is 11.1. The van der Waals surface area contributed by atoms with Crippen molar-refractivity contribution in [3.8, 4) is 0 Å². The summed E-state index contributed by atoms with van der Waals surface area (Å²) in [7, 11) is 0. The molecule has 0 N–H and O–H groups in total. The van der Waals surface area contributed by atoms with Gasteiger partial charge in [-0.05, 0) is 56.4 Å². The zero-order valence-electron chi connectivity index (χ0n) is 18.7. The fourth-order valence-corrected chi connectivity index (χ4v) is 4.60. The standard InChI is InChI=1S/C27H34Cl2N.ClH/c1-22-6-10-24(11-7-22)20-26(28)14-18-30(16-4-3-5-17-30)19-15-27(29)21-25-12-8-23(2)9-13-25;/h6-15H,3-5,16-21H2,1-2H3;1H/q+1;/p-1. The number of quaternary nitrogens is 1. The summed E-state index contributed by atoms with van der Waals surface area (Å²) < 4.78 is 1.06. The van der Waals surface area contributed by atoms with Crippen LogP contribution >= 0.6 is 23.2 Å². The Bertz CT molecular complexity index is 793. The van der Waals surface area contributed by atoms with Gasteiger partial charge in [0.1, 0.15) is 0 Å². The molecule has 0 bridgehead atoms. The first-order chi connectivity index (χ1) is 14.4. The van der Waals surface area contributed by atoms with E-state index in [1.807, 2.05) is 0 Å². The van der Waals surface area contributed by atoms with Gasteiger partial charge in [-0.15, -0.1) is 0 Å². The molecule has 0 spiro atoms. The molecule has 1 fully saturated rings. The van der Waals surface area contributed by atoms with E-state index in [1.165, 1.54) is 54.6 Å². The first-order valence-corrected chi connectivity index (χ1v) is 11.8. The Balaban J connectivity index is 0.00000341. The number of aryl methyl sites for hydroxylation is 2. The summed E-state index contributed by atoms with van der Waals surface area (Å²) in [6.07, 6.45) is 10.0. The van der Waals surface area contributed by atoms with E-state index in [1.54, 1.807) is 0 Å². The summed E-state index contributed by atoms with van der Waals surface area (Å²) >= 11 is 13.3. The van der Waals surface area contributed by atoms with Gasteiger partial charge in [-0.25, -0.2) is 0 Å². The Hall–Kier alpha value is -1.25. The van der Waals surface area contributed by atoms with Gasteiger partial charge in [0.05, 0.1) is 26.2 Å². The van der Waals surface area contributed by atoms with Gasteiger partial charge < -0.3 is 16.9 Å². The third-order valence-corrected chi connectivity index (χ3v) is 6.73. The van der Waals surface area contributed by atoms with Crippen molar-refractivity contribution in [2.45, 2.75) is 46.0 Å². The molecule has 0 amide bonds. The molecule has 0 radical (unpaired) electrons. The highest BCUT2D eigenvalue weighted by atomic mass is 35.5. The van der Waals surface area contributed by atoms with Crippen LogP contribution in [0.1, 0.15) is 41.5 Å². The Morgan fingerprint density at radius 3 is 1.48 bits per heavy atom. The topological polar surface area (TPSA) is 0 Å². The zero-order chi connectivity index (χ0) is 21.4. The average molecular weight is 479 g/mol. The van der Waals surface area contributed by atoms with Crippen LogP contribution in [0.15, 0.2) is 70.7 Å². The van der Waals surface area contributed by atoms with Gasteiger partial charge in [-0.3, -0.25) is 0 Å². The molecule has 0 aliphatic carbocycles. The Morgan fingerprint density at radius 2 is 1.10 bits per heavy atom. The number of benzene rings is 2. The highest BCUT2D eigenvalue weighted by Crippen LogP contribution is 2.22. The van der Waals surface area contributed by atoms with E-state index in [-0.39, 0.29) is 12.4 Å². The molecule has 168 valence electrons. The molecule has 1 nitrogen and oxygen atoms in total. The summed E-state index contributed by atoms with van der Waals surface area (Å²) in [5.74, 6) is 0. The van der Waals surface area contributed by atoms with Crippen LogP contribution in [0.2, 0.25) is 0 Å². The minimum absolute atomic E-state index is 0. The lowest BCUT2D eigenvalue weighted by Crippen LogP contribution is -3.00. The van der Waals surface area contributed by atoms with E-state index < -0.39 is 0 Å². The maximum Gasteiger partial charge on any atom is 0.0990 e. The molecule has 0 aromatic heterocycles. The van der Waals surface area contributed by atoms with Crippen LogP contribution in [0.4, 0.5) is 0 Å². The van der Waals surface area contributed by atoms with Gasteiger partial charge in [-0.2, -0.15) is 0 Å². The minimum Gasteiger partial charge on any atom is -1.00 e. The fourth-order valence-electron chi connectivity index (χ4n) is 4.15. The second kappa shape index (κ2) is 12.7. The van der Waals surface area contributed by atoms with Crippen molar-refractivity contribution in [2.75, 3.05) is 26.2 Å². The van der Waals surface area contributed by atoms with Crippen molar-refractivity contribution >= 4 is 23.2 Å². The van der Waals surface area contributed by atoms with E-state index in [9.17, 15) is 0 Å². The predicted molar refractivity (Wildman–Crippen MR) is 131 cm³/mol. The molecular weight excluding hydrogens is 445 g/mol. The van der Waals surface area contributed by atoms with Crippen molar-refractivity contribution in [1.29, 1.82) is 0 Å². The third-order valence-electron chi connectivity index (χ3n) is 6.15. The van der Waals surface area contributed by atoms with Crippen molar-refractivity contribution in [3.05, 3.63) is 93.0 Å². The highest BCUT2D eigenvalue weighted by molar-refractivity contribution is 6.30. The van der Waals surface area contributed by atoms with Crippen LogP contribution in [-0.4, -0.2) is 30.7 Å². The van der Waals surface area contributed by atoms with Gasteiger partial charge in [0.25, 0.3) is 0 Å². The van der Waals surface area contributed by atoms with Crippen LogP contribution in [0.5, 0.6) is 0 Å². The number of hydrogen-bond donors (Lipinski definition) is 0. The monoisotopic (exact) mass is 477 g/mol. The molecule has 2 aromatic carbocycles. The smallest absolute Gasteiger partial charge is 0.0990 e. The molecule has 4 heteroatoms.